The van der Waals surface area contributed by atoms with Gasteiger partial charge in [0.15, 0.2) is 5.82 Å². The van der Waals surface area contributed by atoms with Gasteiger partial charge in [0.1, 0.15) is 5.82 Å². The van der Waals surface area contributed by atoms with E-state index in [2.05, 4.69) is 31.1 Å². The number of hydrogen-bond acceptors (Lipinski definition) is 7. The van der Waals surface area contributed by atoms with Crippen molar-refractivity contribution in [2.45, 2.75) is 50.9 Å². The maximum Gasteiger partial charge on any atom is 0.574 e. The zero-order chi connectivity index (χ0) is 26.4. The molecule has 5 heterocycles. The van der Waals surface area contributed by atoms with Gasteiger partial charge in [-0.25, -0.2) is 19.9 Å². The minimum absolute atomic E-state index is 0.104. The van der Waals surface area contributed by atoms with E-state index in [9.17, 15) is 18.0 Å². The van der Waals surface area contributed by atoms with Crippen molar-refractivity contribution < 1.29 is 22.7 Å². The molecular formula is C25H24ClF3N6O2. The van der Waals surface area contributed by atoms with Crippen molar-refractivity contribution in [3.63, 3.8) is 0 Å². The van der Waals surface area contributed by atoms with Gasteiger partial charge in [-0.2, -0.15) is 0 Å². The summed E-state index contributed by atoms with van der Waals surface area (Å²) in [4.78, 5) is 32.1. The summed E-state index contributed by atoms with van der Waals surface area (Å²) in [5.41, 5.74) is 2.66. The second-order valence-electron chi connectivity index (χ2n) is 9.43. The second-order valence-corrected chi connectivity index (χ2v) is 9.84. The van der Waals surface area contributed by atoms with Crippen LogP contribution in [0.5, 0.6) is 5.88 Å². The molecule has 1 spiro atoms. The van der Waals surface area contributed by atoms with E-state index in [4.69, 9.17) is 16.6 Å². The normalized spacial score (nSPS) is 19.9. The third-order valence-corrected chi connectivity index (χ3v) is 7.25. The Labute approximate surface area is 216 Å². The fraction of sp³-hybridized carbons (Fsp3) is 0.400. The third kappa shape index (κ3) is 5.18. The minimum atomic E-state index is -4.89. The highest BCUT2D eigenvalue weighted by Gasteiger charge is 2.43. The Hall–Kier alpha value is -3.47. The lowest BCUT2D eigenvalue weighted by Crippen LogP contribution is -2.46. The molecule has 0 bridgehead atoms. The number of likely N-dealkylation sites (tertiary alicyclic amines) is 1. The van der Waals surface area contributed by atoms with Crippen molar-refractivity contribution in [1.29, 1.82) is 0 Å². The SMILES string of the molecule is Cc1nc2c(cc1-c1ncccn1)CC[C@@]1(CCN(C(=O)[C@@H](C)c3cc(OC(F)(F)F)ncc3Cl)C1)N2. The number of ether oxygens (including phenoxy) is 1. The average Bonchev–Trinajstić information content (AvgIpc) is 3.26. The van der Waals surface area contributed by atoms with E-state index in [1.54, 1.807) is 30.3 Å². The van der Waals surface area contributed by atoms with Gasteiger partial charge in [0.25, 0.3) is 0 Å². The van der Waals surface area contributed by atoms with Crippen molar-refractivity contribution in [2.24, 2.45) is 0 Å². The van der Waals surface area contributed by atoms with Crippen LogP contribution in [0.4, 0.5) is 19.0 Å². The van der Waals surface area contributed by atoms with Crippen molar-refractivity contribution >= 4 is 23.3 Å². The molecule has 37 heavy (non-hydrogen) atoms. The Morgan fingerprint density at radius 3 is 2.70 bits per heavy atom. The predicted molar refractivity (Wildman–Crippen MR) is 130 cm³/mol. The highest BCUT2D eigenvalue weighted by Crippen LogP contribution is 2.39. The van der Waals surface area contributed by atoms with E-state index >= 15 is 0 Å². The number of anilines is 1. The van der Waals surface area contributed by atoms with Crippen LogP contribution in [0, 0.1) is 6.92 Å². The molecule has 5 rings (SSSR count). The summed E-state index contributed by atoms with van der Waals surface area (Å²) in [7, 11) is 0. The number of nitrogens with one attached hydrogen (secondary N) is 1. The van der Waals surface area contributed by atoms with Gasteiger partial charge in [-0.15, -0.1) is 13.2 Å². The molecule has 3 aromatic rings. The fourth-order valence-electron chi connectivity index (χ4n) is 5.01. The van der Waals surface area contributed by atoms with E-state index < -0.39 is 18.2 Å². The van der Waals surface area contributed by atoms with Gasteiger partial charge in [-0.1, -0.05) is 11.6 Å². The van der Waals surface area contributed by atoms with Crippen molar-refractivity contribution in [3.8, 4) is 17.3 Å². The van der Waals surface area contributed by atoms with E-state index in [0.29, 0.717) is 18.9 Å². The molecule has 2 atom stereocenters. The first kappa shape index (κ1) is 25.2. The van der Waals surface area contributed by atoms with Crippen LogP contribution in [-0.4, -0.2) is 55.7 Å². The van der Waals surface area contributed by atoms with E-state index in [1.165, 1.54) is 0 Å². The van der Waals surface area contributed by atoms with Crippen LogP contribution in [0.2, 0.25) is 5.02 Å². The Bertz CT molecular complexity index is 1340. The molecule has 1 fully saturated rings. The molecule has 1 amide bonds. The van der Waals surface area contributed by atoms with Crippen LogP contribution in [0.15, 0.2) is 36.8 Å². The number of aromatic nitrogens is 4. The summed E-state index contributed by atoms with van der Waals surface area (Å²) in [6.07, 6.45) is 1.87. The van der Waals surface area contributed by atoms with Crippen molar-refractivity contribution in [2.75, 3.05) is 18.4 Å². The number of aryl methyl sites for hydroxylation is 2. The molecule has 0 aliphatic carbocycles. The van der Waals surface area contributed by atoms with E-state index in [1.807, 2.05) is 6.92 Å². The van der Waals surface area contributed by atoms with Crippen LogP contribution >= 0.6 is 11.6 Å². The fourth-order valence-corrected chi connectivity index (χ4v) is 5.28. The maximum atomic E-state index is 13.3. The molecule has 0 radical (unpaired) electrons. The Balaban J connectivity index is 1.31. The summed E-state index contributed by atoms with van der Waals surface area (Å²) < 4.78 is 41.8. The van der Waals surface area contributed by atoms with Crippen LogP contribution in [0.25, 0.3) is 11.4 Å². The first-order valence-electron chi connectivity index (χ1n) is 11.8. The smallest absolute Gasteiger partial charge is 0.388 e. The van der Waals surface area contributed by atoms with Crippen LogP contribution in [-0.2, 0) is 11.2 Å². The standard InChI is InChI=1S/C25H24ClF3N6O2/c1-14(17-11-20(32-12-19(17)26)37-25(27,28)29)23(36)35-9-6-24(13-35)5-4-16-10-18(15(2)33-21(16)34-24)22-30-7-3-8-31-22/h3,7-8,10-12,14H,4-6,9,13H2,1-2H3,(H,33,34)/t14-,24-/m0/s1. The predicted octanol–water partition coefficient (Wildman–Crippen LogP) is 4.93. The second kappa shape index (κ2) is 9.44. The monoisotopic (exact) mass is 532 g/mol. The first-order chi connectivity index (χ1) is 17.5. The van der Waals surface area contributed by atoms with E-state index in [-0.39, 0.29) is 22.0 Å². The summed E-state index contributed by atoms with van der Waals surface area (Å²) in [5.74, 6) is -0.239. The number of rotatable bonds is 4. The number of carbonyl (C=O) groups excluding carboxylic acids is 1. The number of hydrogen-bond donors (Lipinski definition) is 1. The van der Waals surface area contributed by atoms with E-state index in [0.717, 1.165) is 54.2 Å². The molecule has 8 nitrogen and oxygen atoms in total. The number of nitrogens with zero attached hydrogens (tertiary/aromatic N) is 5. The summed E-state index contributed by atoms with van der Waals surface area (Å²) in [5, 5.41) is 3.68. The molecule has 1 N–H and O–H groups in total. The quantitative estimate of drug-likeness (QED) is 0.509. The van der Waals surface area contributed by atoms with Gasteiger partial charge in [0, 0.05) is 43.3 Å². The lowest BCUT2D eigenvalue weighted by atomic mass is 9.86. The van der Waals surface area contributed by atoms with Crippen molar-refractivity contribution in [1.82, 2.24) is 24.8 Å². The van der Waals surface area contributed by atoms with Gasteiger partial charge in [0.05, 0.1) is 22.2 Å². The number of pyridine rings is 2. The van der Waals surface area contributed by atoms with Crippen LogP contribution in [0.3, 0.4) is 0 Å². The summed E-state index contributed by atoms with van der Waals surface area (Å²) in [6, 6.07) is 4.90. The number of alkyl halides is 3. The van der Waals surface area contributed by atoms with Gasteiger partial charge in [-0.3, -0.25) is 4.79 Å². The lowest BCUT2D eigenvalue weighted by molar-refractivity contribution is -0.276. The molecule has 0 aromatic carbocycles. The molecule has 3 aromatic heterocycles. The number of carbonyl (C=O) groups is 1. The third-order valence-electron chi connectivity index (χ3n) is 6.94. The Morgan fingerprint density at radius 1 is 1.22 bits per heavy atom. The zero-order valence-electron chi connectivity index (χ0n) is 20.1. The van der Waals surface area contributed by atoms with Gasteiger partial charge in [0.2, 0.25) is 11.8 Å². The molecular weight excluding hydrogens is 509 g/mol. The number of halogens is 4. The molecule has 1 saturated heterocycles. The number of amides is 1. The Morgan fingerprint density at radius 2 is 1.97 bits per heavy atom. The molecule has 12 heteroatoms. The van der Waals surface area contributed by atoms with Crippen LogP contribution < -0.4 is 10.1 Å². The largest absolute Gasteiger partial charge is 0.574 e. The maximum absolute atomic E-state index is 13.3. The van der Waals surface area contributed by atoms with Crippen molar-refractivity contribution in [3.05, 3.63) is 58.6 Å². The molecule has 194 valence electrons. The van der Waals surface area contributed by atoms with Gasteiger partial charge in [-0.05, 0) is 56.4 Å². The number of fused-ring (bicyclic) bond motifs is 1. The zero-order valence-corrected chi connectivity index (χ0v) is 20.9. The van der Waals surface area contributed by atoms with Gasteiger partial charge >= 0.3 is 6.36 Å². The first-order valence-corrected chi connectivity index (χ1v) is 12.2. The van der Waals surface area contributed by atoms with Crippen LogP contribution in [0.1, 0.15) is 42.5 Å². The van der Waals surface area contributed by atoms with Gasteiger partial charge < -0.3 is 15.0 Å². The summed E-state index contributed by atoms with van der Waals surface area (Å²) >= 11 is 6.18. The lowest BCUT2D eigenvalue weighted by Gasteiger charge is -2.36. The molecule has 2 aliphatic rings. The molecule has 0 saturated carbocycles. The topological polar surface area (TPSA) is 93.1 Å². The minimum Gasteiger partial charge on any atom is -0.388 e. The molecule has 2 aliphatic heterocycles. The average molecular weight is 533 g/mol. The highest BCUT2D eigenvalue weighted by molar-refractivity contribution is 6.31. The summed E-state index contributed by atoms with van der Waals surface area (Å²) in [6.45, 7) is 4.49. The highest BCUT2D eigenvalue weighted by atomic mass is 35.5. The molecule has 0 unspecified atom stereocenters. The Kier molecular flexibility index (Phi) is 6.43.